The van der Waals surface area contributed by atoms with Crippen LogP contribution in [0.15, 0.2) is 0 Å². The number of rotatable bonds is 7. The normalized spacial score (nSPS) is 12.5. The molecule has 0 radical (unpaired) electrons. The van der Waals surface area contributed by atoms with Crippen molar-refractivity contribution in [2.75, 3.05) is 33.4 Å². The van der Waals surface area contributed by atoms with Crippen LogP contribution < -0.4 is 5.32 Å². The van der Waals surface area contributed by atoms with Gasteiger partial charge in [0, 0.05) is 25.4 Å². The van der Waals surface area contributed by atoms with Crippen LogP contribution in [-0.4, -0.2) is 54.1 Å². The Kier molecular flexibility index (Phi) is 7.79. The third-order valence-electron chi connectivity index (χ3n) is 1.67. The minimum absolute atomic E-state index is 0.313. The first-order valence-electron chi connectivity index (χ1n) is 4.61. The van der Waals surface area contributed by atoms with E-state index < -0.39 is 0 Å². The fraction of sp³-hybridized carbons (Fsp3) is 1.00. The van der Waals surface area contributed by atoms with Crippen LogP contribution in [0.25, 0.3) is 0 Å². The molecule has 1 N–H and O–H groups in total. The molecular formula is C8H22N2OSi. The Hall–Kier alpha value is 0.0969. The van der Waals surface area contributed by atoms with Crippen molar-refractivity contribution in [2.24, 2.45) is 0 Å². The lowest BCUT2D eigenvalue weighted by Crippen LogP contribution is -2.32. The fourth-order valence-corrected chi connectivity index (χ4v) is 1.97. The molecule has 0 spiro atoms. The van der Waals surface area contributed by atoms with Crippen molar-refractivity contribution < 1.29 is 4.43 Å². The van der Waals surface area contributed by atoms with Gasteiger partial charge in [0.1, 0.15) is 0 Å². The summed E-state index contributed by atoms with van der Waals surface area (Å²) in [6, 6.07) is 0. The van der Waals surface area contributed by atoms with Crippen molar-refractivity contribution in [1.29, 1.82) is 0 Å². The Labute approximate surface area is 78.4 Å². The van der Waals surface area contributed by atoms with E-state index in [9.17, 15) is 0 Å². The van der Waals surface area contributed by atoms with E-state index in [1.54, 1.807) is 0 Å². The van der Waals surface area contributed by atoms with Crippen molar-refractivity contribution in [1.82, 2.24) is 10.2 Å². The molecule has 12 heavy (non-hydrogen) atoms. The number of hydrogen-bond acceptors (Lipinski definition) is 3. The molecule has 0 fully saturated rings. The molecule has 3 nitrogen and oxygen atoms in total. The van der Waals surface area contributed by atoms with Crippen molar-refractivity contribution in [3.63, 3.8) is 0 Å². The monoisotopic (exact) mass is 190 g/mol. The molecule has 0 aromatic heterocycles. The van der Waals surface area contributed by atoms with Crippen LogP contribution in [0.2, 0.25) is 0 Å². The van der Waals surface area contributed by atoms with Crippen LogP contribution in [0, 0.1) is 0 Å². The van der Waals surface area contributed by atoms with E-state index in [4.69, 9.17) is 4.43 Å². The zero-order chi connectivity index (χ0) is 9.40. The van der Waals surface area contributed by atoms with Crippen LogP contribution in [0.3, 0.4) is 0 Å². The lowest BCUT2D eigenvalue weighted by molar-refractivity contribution is 0.244. The third-order valence-corrected chi connectivity index (χ3v) is 3.52. The molecule has 0 aliphatic heterocycles. The van der Waals surface area contributed by atoms with Crippen molar-refractivity contribution >= 4 is 9.76 Å². The maximum Gasteiger partial charge on any atom is 0.175 e. The summed E-state index contributed by atoms with van der Waals surface area (Å²) in [5.74, 6) is 0. The molecule has 0 atom stereocenters. The molecule has 4 heteroatoms. The summed E-state index contributed by atoms with van der Waals surface area (Å²) >= 11 is 0. The van der Waals surface area contributed by atoms with Gasteiger partial charge in [-0.25, -0.2) is 0 Å². The van der Waals surface area contributed by atoms with Gasteiger partial charge in [0.2, 0.25) is 0 Å². The van der Waals surface area contributed by atoms with E-state index >= 15 is 0 Å². The minimum Gasteiger partial charge on any atom is -0.420 e. The van der Waals surface area contributed by atoms with Gasteiger partial charge in [-0.3, -0.25) is 0 Å². The van der Waals surface area contributed by atoms with E-state index in [1.807, 2.05) is 7.05 Å². The zero-order valence-corrected chi connectivity index (χ0v) is 10.2. The summed E-state index contributed by atoms with van der Waals surface area (Å²) in [6.45, 7) is 6.37. The Bertz CT molecular complexity index is 101. The first kappa shape index (κ1) is 12.1. The molecule has 0 aliphatic carbocycles. The van der Waals surface area contributed by atoms with Gasteiger partial charge in [-0.1, -0.05) is 0 Å². The van der Waals surface area contributed by atoms with E-state index in [0.717, 1.165) is 19.3 Å². The first-order valence-corrected chi connectivity index (χ1v) is 6.19. The predicted molar refractivity (Wildman–Crippen MR) is 56.2 cm³/mol. The van der Waals surface area contributed by atoms with Gasteiger partial charge in [0.25, 0.3) is 0 Å². The molecule has 0 unspecified atom stereocenters. The summed E-state index contributed by atoms with van der Waals surface area (Å²) in [7, 11) is 3.82. The van der Waals surface area contributed by atoms with Gasteiger partial charge in [0.05, 0.1) is 0 Å². The SMILES string of the molecule is CNCCN(C)C[SiH2]OC(C)C. The molecule has 0 saturated carbocycles. The van der Waals surface area contributed by atoms with E-state index in [2.05, 4.69) is 31.1 Å². The standard InChI is InChI=1S/C8H22N2OSi/c1-8(2)11-12-7-10(4)6-5-9-3/h8-9H,5-7,12H2,1-4H3. The van der Waals surface area contributed by atoms with Gasteiger partial charge in [-0.15, -0.1) is 0 Å². The average molecular weight is 190 g/mol. The van der Waals surface area contributed by atoms with Crippen molar-refractivity contribution in [3.8, 4) is 0 Å². The van der Waals surface area contributed by atoms with Crippen molar-refractivity contribution in [3.05, 3.63) is 0 Å². The summed E-state index contributed by atoms with van der Waals surface area (Å²) < 4.78 is 5.57. The molecule has 0 saturated heterocycles. The van der Waals surface area contributed by atoms with Crippen LogP contribution >= 0.6 is 0 Å². The summed E-state index contributed by atoms with van der Waals surface area (Å²) in [6.07, 6.45) is 1.56. The Balaban J connectivity index is 3.13. The molecule has 0 aromatic rings. The van der Waals surface area contributed by atoms with Gasteiger partial charge < -0.3 is 14.6 Å². The highest BCUT2D eigenvalue weighted by Gasteiger charge is 1.98. The van der Waals surface area contributed by atoms with Gasteiger partial charge in [-0.2, -0.15) is 0 Å². The smallest absolute Gasteiger partial charge is 0.175 e. The van der Waals surface area contributed by atoms with Gasteiger partial charge in [0.15, 0.2) is 9.76 Å². The Morgan fingerprint density at radius 3 is 2.67 bits per heavy atom. The first-order chi connectivity index (χ1) is 5.66. The average Bonchev–Trinajstić information content (AvgIpc) is 2.00. The highest BCUT2D eigenvalue weighted by Crippen LogP contribution is 1.86. The highest BCUT2D eigenvalue weighted by atomic mass is 28.2. The maximum absolute atomic E-state index is 5.57. The molecule has 0 aromatic carbocycles. The second-order valence-electron chi connectivity index (χ2n) is 3.33. The van der Waals surface area contributed by atoms with Crippen LogP contribution in [-0.2, 0) is 4.43 Å². The highest BCUT2D eigenvalue weighted by molar-refractivity contribution is 6.27. The number of nitrogens with one attached hydrogen (secondary N) is 1. The maximum atomic E-state index is 5.57. The lowest BCUT2D eigenvalue weighted by atomic mass is 10.5. The third kappa shape index (κ3) is 8.20. The van der Waals surface area contributed by atoms with Crippen LogP contribution in [0.5, 0.6) is 0 Å². The van der Waals surface area contributed by atoms with E-state index in [1.165, 1.54) is 0 Å². The molecule has 74 valence electrons. The molecular weight excluding hydrogens is 168 g/mol. The van der Waals surface area contributed by atoms with E-state index in [-0.39, 0.29) is 9.76 Å². The Morgan fingerprint density at radius 1 is 1.50 bits per heavy atom. The summed E-state index contributed by atoms with van der Waals surface area (Å²) in [5, 5.41) is 3.13. The van der Waals surface area contributed by atoms with Crippen LogP contribution in [0.1, 0.15) is 13.8 Å². The zero-order valence-electron chi connectivity index (χ0n) is 8.76. The largest absolute Gasteiger partial charge is 0.420 e. The molecule has 0 bridgehead atoms. The molecule has 0 heterocycles. The van der Waals surface area contributed by atoms with E-state index in [0.29, 0.717) is 6.10 Å². The molecule has 0 amide bonds. The molecule has 0 rings (SSSR count). The van der Waals surface area contributed by atoms with Crippen LogP contribution in [0.4, 0.5) is 0 Å². The quantitative estimate of drug-likeness (QED) is 0.553. The topological polar surface area (TPSA) is 24.5 Å². The van der Waals surface area contributed by atoms with Crippen molar-refractivity contribution in [2.45, 2.75) is 20.0 Å². The minimum atomic E-state index is -0.313. The predicted octanol–water partition coefficient (Wildman–Crippen LogP) is -0.396. The molecule has 0 aliphatic rings. The number of likely N-dealkylation sites (N-methyl/N-ethyl adjacent to an activating group) is 2. The number of nitrogens with zero attached hydrogens (tertiary/aromatic N) is 1. The van der Waals surface area contributed by atoms with Gasteiger partial charge >= 0.3 is 0 Å². The lowest BCUT2D eigenvalue weighted by Gasteiger charge is -2.16. The fourth-order valence-electron chi connectivity index (χ4n) is 0.859. The van der Waals surface area contributed by atoms with Gasteiger partial charge in [-0.05, 0) is 27.9 Å². The second-order valence-corrected chi connectivity index (χ2v) is 4.52. The summed E-state index contributed by atoms with van der Waals surface area (Å²) in [4.78, 5) is 2.32. The number of hydrogen-bond donors (Lipinski definition) is 1. The summed E-state index contributed by atoms with van der Waals surface area (Å²) in [5.41, 5.74) is 0. The Morgan fingerprint density at radius 2 is 2.17 bits per heavy atom. The second kappa shape index (κ2) is 7.73.